The molecule has 0 saturated carbocycles. The van der Waals surface area contributed by atoms with Crippen LogP contribution in [0.2, 0.25) is 6.82 Å². The van der Waals surface area contributed by atoms with Crippen LogP contribution in [0, 0.1) is 13.8 Å². The summed E-state index contributed by atoms with van der Waals surface area (Å²) >= 11 is 0. The monoisotopic (exact) mass is 383 g/mol. The molecule has 5 rings (SSSR count). The van der Waals surface area contributed by atoms with Crippen LogP contribution < -0.4 is 14.8 Å². The number of anilines is 1. The van der Waals surface area contributed by atoms with Crippen molar-refractivity contribution in [3.05, 3.63) is 71.6 Å². The number of aryl methyl sites for hydroxylation is 1. The maximum Gasteiger partial charge on any atom is 0.374 e. The first kappa shape index (κ1) is 17.8. The third-order valence-corrected chi connectivity index (χ3v) is 5.99. The minimum atomic E-state index is 0.137. The quantitative estimate of drug-likeness (QED) is 0.391. The predicted octanol–water partition coefficient (Wildman–Crippen LogP) is 3.77. The van der Waals surface area contributed by atoms with Crippen LogP contribution in [0.3, 0.4) is 0 Å². The summed E-state index contributed by atoms with van der Waals surface area (Å²) in [6, 6.07) is 14.6. The zero-order chi connectivity index (χ0) is 20.3. The molecule has 6 heteroatoms. The first-order chi connectivity index (χ1) is 14.0. The van der Waals surface area contributed by atoms with Gasteiger partial charge < -0.3 is 9.23 Å². The molecular formula is C23H24BN4O+. The van der Waals surface area contributed by atoms with Gasteiger partial charge in [0.15, 0.2) is 0 Å². The largest absolute Gasteiger partial charge is 0.439 e. The Labute approximate surface area is 171 Å². The third kappa shape index (κ3) is 2.63. The number of aromatic nitrogens is 3. The molecule has 144 valence electrons. The normalized spacial score (nSPS) is 13.8. The Hall–Kier alpha value is -3.28. The van der Waals surface area contributed by atoms with Crippen molar-refractivity contribution in [2.45, 2.75) is 27.6 Å². The fourth-order valence-electron chi connectivity index (χ4n) is 4.42. The molecule has 0 spiro atoms. The topological polar surface area (TPSA) is 38.1 Å². The molecule has 0 radical (unpaired) electrons. The van der Waals surface area contributed by atoms with Gasteiger partial charge in [0.1, 0.15) is 17.6 Å². The SMILES string of the molecule is CB1c2c(oc3nc(C)ccc23)C=C(C)N1c1cn(-c2ccccc2)c(C)[n+]1C. The fourth-order valence-corrected chi connectivity index (χ4v) is 4.42. The molecule has 5 nitrogen and oxygen atoms in total. The molecule has 1 aromatic carbocycles. The summed E-state index contributed by atoms with van der Waals surface area (Å²) in [5.74, 6) is 3.24. The maximum atomic E-state index is 6.10. The van der Waals surface area contributed by atoms with Gasteiger partial charge in [0, 0.05) is 29.5 Å². The van der Waals surface area contributed by atoms with E-state index < -0.39 is 0 Å². The molecule has 0 bridgehead atoms. The van der Waals surface area contributed by atoms with E-state index in [4.69, 9.17) is 4.42 Å². The van der Waals surface area contributed by atoms with Crippen molar-refractivity contribution >= 4 is 35.3 Å². The zero-order valence-electron chi connectivity index (χ0n) is 17.5. The third-order valence-electron chi connectivity index (χ3n) is 5.99. The molecule has 4 heterocycles. The highest BCUT2D eigenvalue weighted by Gasteiger charge is 2.39. The summed E-state index contributed by atoms with van der Waals surface area (Å²) in [5, 5.41) is 1.09. The smallest absolute Gasteiger partial charge is 0.374 e. The highest BCUT2D eigenvalue weighted by atomic mass is 16.3. The number of rotatable bonds is 2. The van der Waals surface area contributed by atoms with Gasteiger partial charge in [-0.2, -0.15) is 0 Å². The van der Waals surface area contributed by atoms with Crippen LogP contribution in [0.5, 0.6) is 0 Å². The van der Waals surface area contributed by atoms with Crippen LogP contribution in [-0.4, -0.2) is 16.4 Å². The van der Waals surface area contributed by atoms with Crippen LogP contribution >= 0.6 is 0 Å². The van der Waals surface area contributed by atoms with Gasteiger partial charge in [-0.3, -0.25) is 0 Å². The number of fused-ring (bicyclic) bond motifs is 3. The van der Waals surface area contributed by atoms with Gasteiger partial charge in [-0.25, -0.2) is 14.1 Å². The predicted molar refractivity (Wildman–Crippen MR) is 118 cm³/mol. The minimum Gasteiger partial charge on any atom is -0.439 e. The standard InChI is InChI=1S/C23H24BN4O/c1-15-11-12-19-22-20(29-23(19)25-15)13-16(2)28(24(22)4)21-14-27(17(3)26(21)5)18-9-7-6-8-10-18/h6-14H,1-5H3/q+1. The zero-order valence-corrected chi connectivity index (χ0v) is 17.5. The van der Waals surface area contributed by atoms with Gasteiger partial charge in [0.25, 0.3) is 0 Å². The molecule has 0 aliphatic carbocycles. The molecular weight excluding hydrogens is 359 g/mol. The van der Waals surface area contributed by atoms with Crippen molar-refractivity contribution in [3.63, 3.8) is 0 Å². The Morgan fingerprint density at radius 2 is 1.79 bits per heavy atom. The molecule has 0 fully saturated rings. The summed E-state index contributed by atoms with van der Waals surface area (Å²) in [5.41, 5.74) is 5.20. The minimum absolute atomic E-state index is 0.137. The van der Waals surface area contributed by atoms with Crippen LogP contribution in [-0.2, 0) is 7.05 Å². The van der Waals surface area contributed by atoms with Crippen LogP contribution in [0.25, 0.3) is 22.9 Å². The molecule has 0 unspecified atom stereocenters. The Balaban J connectivity index is 1.66. The molecule has 0 amide bonds. The van der Waals surface area contributed by atoms with E-state index in [1.54, 1.807) is 0 Å². The Kier molecular flexibility index (Phi) is 3.91. The number of nitrogens with zero attached hydrogens (tertiary/aromatic N) is 4. The van der Waals surface area contributed by atoms with Gasteiger partial charge in [-0.15, -0.1) is 0 Å². The molecule has 4 aromatic rings. The van der Waals surface area contributed by atoms with Gasteiger partial charge >= 0.3 is 6.85 Å². The number of allylic oxidation sites excluding steroid dienone is 1. The summed E-state index contributed by atoms with van der Waals surface area (Å²) in [6.45, 7) is 8.65. The Morgan fingerprint density at radius 1 is 1.03 bits per heavy atom. The highest BCUT2D eigenvalue weighted by molar-refractivity contribution is 6.79. The summed E-state index contributed by atoms with van der Waals surface area (Å²) in [6.07, 6.45) is 4.34. The van der Waals surface area contributed by atoms with E-state index in [2.05, 4.69) is 95.3 Å². The summed E-state index contributed by atoms with van der Waals surface area (Å²) < 4.78 is 10.6. The van der Waals surface area contributed by atoms with Crippen molar-refractivity contribution < 1.29 is 8.98 Å². The van der Waals surface area contributed by atoms with Gasteiger partial charge in [0.05, 0.1) is 12.7 Å². The number of hydrogen-bond donors (Lipinski definition) is 0. The van der Waals surface area contributed by atoms with Crippen LogP contribution in [0.4, 0.5) is 5.82 Å². The summed E-state index contributed by atoms with van der Waals surface area (Å²) in [7, 11) is 2.12. The lowest BCUT2D eigenvalue weighted by atomic mass is 9.54. The lowest BCUT2D eigenvalue weighted by molar-refractivity contribution is -0.664. The van der Waals surface area contributed by atoms with E-state index in [-0.39, 0.29) is 6.85 Å². The number of para-hydroxylation sites is 1. The van der Waals surface area contributed by atoms with Crippen LogP contribution in [0.1, 0.15) is 24.2 Å². The second-order valence-electron chi connectivity index (χ2n) is 7.82. The maximum absolute atomic E-state index is 6.10. The Bertz CT molecular complexity index is 1270. The van der Waals surface area contributed by atoms with Gasteiger partial charge in [-0.05, 0) is 44.9 Å². The van der Waals surface area contributed by atoms with Crippen molar-refractivity contribution in [2.24, 2.45) is 7.05 Å². The Morgan fingerprint density at radius 3 is 2.55 bits per heavy atom. The number of hydrogen-bond acceptors (Lipinski definition) is 3. The first-order valence-electron chi connectivity index (χ1n) is 9.96. The second-order valence-corrected chi connectivity index (χ2v) is 7.82. The molecule has 0 atom stereocenters. The molecule has 3 aromatic heterocycles. The molecule has 0 N–H and O–H groups in total. The van der Waals surface area contributed by atoms with E-state index >= 15 is 0 Å². The molecule has 29 heavy (non-hydrogen) atoms. The second kappa shape index (κ2) is 6.37. The van der Waals surface area contributed by atoms with E-state index in [9.17, 15) is 0 Å². The average molecular weight is 383 g/mol. The van der Waals surface area contributed by atoms with Crippen LogP contribution in [0.15, 0.2) is 58.8 Å². The van der Waals surface area contributed by atoms with Crippen molar-refractivity contribution in [2.75, 3.05) is 4.81 Å². The fraction of sp³-hybridized carbons (Fsp3) is 0.217. The van der Waals surface area contributed by atoms with Crippen molar-refractivity contribution in [1.82, 2.24) is 9.55 Å². The van der Waals surface area contributed by atoms with Crippen molar-refractivity contribution in [1.29, 1.82) is 0 Å². The van der Waals surface area contributed by atoms with Crippen molar-refractivity contribution in [3.8, 4) is 5.69 Å². The molecule has 0 saturated heterocycles. The van der Waals surface area contributed by atoms with E-state index in [1.807, 2.05) is 13.0 Å². The lowest BCUT2D eigenvalue weighted by Gasteiger charge is -2.27. The highest BCUT2D eigenvalue weighted by Crippen LogP contribution is 2.29. The number of benzene rings is 1. The van der Waals surface area contributed by atoms with E-state index in [0.717, 1.165) is 39.8 Å². The summed E-state index contributed by atoms with van der Waals surface area (Å²) in [4.78, 5) is 6.97. The first-order valence-corrected chi connectivity index (χ1v) is 9.96. The van der Waals surface area contributed by atoms with E-state index in [0.29, 0.717) is 0 Å². The molecule has 1 aliphatic heterocycles. The van der Waals surface area contributed by atoms with Gasteiger partial charge in [-0.1, -0.05) is 18.2 Å². The number of pyridine rings is 1. The van der Waals surface area contributed by atoms with E-state index in [1.165, 1.54) is 11.3 Å². The molecule has 1 aliphatic rings. The number of imidazole rings is 1. The number of furan rings is 1. The average Bonchev–Trinajstić information content (AvgIpc) is 3.20. The van der Waals surface area contributed by atoms with Gasteiger partial charge in [0.2, 0.25) is 17.4 Å². The lowest BCUT2D eigenvalue weighted by Crippen LogP contribution is -2.52.